The van der Waals surface area contributed by atoms with E-state index in [0.29, 0.717) is 11.8 Å². The number of hydrogen-bond acceptors (Lipinski definition) is 2. The van der Waals surface area contributed by atoms with Crippen molar-refractivity contribution in [3.05, 3.63) is 11.6 Å². The molecule has 1 aliphatic heterocycles. The summed E-state index contributed by atoms with van der Waals surface area (Å²) in [6, 6.07) is 0. The Balaban J connectivity index is 2.27. The Hall–Kier alpha value is -0.790. The topological polar surface area (TPSA) is 26.3 Å². The molecule has 0 bridgehead atoms. The largest absolute Gasteiger partial charge is 0.462 e. The normalized spacial score (nSPS) is 42.5. The summed E-state index contributed by atoms with van der Waals surface area (Å²) in [5, 5.41) is 0. The molecule has 0 N–H and O–H groups in total. The van der Waals surface area contributed by atoms with Crippen LogP contribution < -0.4 is 0 Å². The van der Waals surface area contributed by atoms with E-state index in [1.165, 1.54) is 5.57 Å². The van der Waals surface area contributed by atoms with Gasteiger partial charge in [0.2, 0.25) is 0 Å². The van der Waals surface area contributed by atoms with Crippen LogP contribution in [0, 0.1) is 17.8 Å². The zero-order valence-electron chi connectivity index (χ0n) is 9.12. The van der Waals surface area contributed by atoms with Crippen molar-refractivity contribution in [1.29, 1.82) is 0 Å². The van der Waals surface area contributed by atoms with Crippen molar-refractivity contribution < 1.29 is 9.53 Å². The summed E-state index contributed by atoms with van der Waals surface area (Å²) in [5.41, 5.74) is 1.39. The minimum Gasteiger partial charge on any atom is -0.462 e. The van der Waals surface area contributed by atoms with E-state index < -0.39 is 0 Å². The minimum absolute atomic E-state index is 0.0219. The molecule has 0 unspecified atom stereocenters. The van der Waals surface area contributed by atoms with Crippen LogP contribution in [-0.2, 0) is 9.53 Å². The van der Waals surface area contributed by atoms with Crippen molar-refractivity contribution in [1.82, 2.24) is 0 Å². The Morgan fingerprint density at radius 3 is 2.86 bits per heavy atom. The first-order chi connectivity index (χ1) is 6.59. The van der Waals surface area contributed by atoms with Gasteiger partial charge >= 0.3 is 5.97 Å². The molecule has 0 aromatic heterocycles. The highest BCUT2D eigenvalue weighted by Gasteiger charge is 2.42. The molecule has 2 rings (SSSR count). The molecule has 14 heavy (non-hydrogen) atoms. The summed E-state index contributed by atoms with van der Waals surface area (Å²) in [4.78, 5) is 11.7. The maximum atomic E-state index is 11.7. The van der Waals surface area contributed by atoms with Crippen molar-refractivity contribution in [2.45, 2.75) is 39.7 Å². The van der Waals surface area contributed by atoms with Gasteiger partial charge in [-0.05, 0) is 38.5 Å². The Bertz CT molecular complexity index is 280. The maximum Gasteiger partial charge on any atom is 0.310 e. The predicted molar refractivity (Wildman–Crippen MR) is 54.7 cm³/mol. The second-order valence-corrected chi connectivity index (χ2v) is 4.78. The highest BCUT2D eigenvalue weighted by Crippen LogP contribution is 2.41. The summed E-state index contributed by atoms with van der Waals surface area (Å²) in [6.45, 7) is 6.29. The molecule has 2 heteroatoms. The molecule has 1 fully saturated rings. The lowest BCUT2D eigenvalue weighted by Crippen LogP contribution is -2.42. The SMILES string of the molecule is CC1=CC[C@H](C)[C@H]2C(=O)O[C@@H](C)C[C@H]12. The molecule has 78 valence electrons. The fourth-order valence-electron chi connectivity index (χ4n) is 2.76. The van der Waals surface area contributed by atoms with E-state index in [4.69, 9.17) is 4.74 Å². The van der Waals surface area contributed by atoms with E-state index in [9.17, 15) is 4.79 Å². The Kier molecular flexibility index (Phi) is 2.38. The van der Waals surface area contributed by atoms with E-state index in [1.807, 2.05) is 6.92 Å². The third-order valence-electron chi connectivity index (χ3n) is 3.62. The second-order valence-electron chi connectivity index (χ2n) is 4.78. The van der Waals surface area contributed by atoms with Crippen LogP contribution in [0.15, 0.2) is 11.6 Å². The van der Waals surface area contributed by atoms with E-state index >= 15 is 0 Å². The Labute approximate surface area is 85.3 Å². The number of cyclic esters (lactones) is 1. The summed E-state index contributed by atoms with van der Waals surface area (Å²) < 4.78 is 5.31. The number of esters is 1. The molecular weight excluding hydrogens is 176 g/mol. The van der Waals surface area contributed by atoms with Crippen molar-refractivity contribution in [3.63, 3.8) is 0 Å². The van der Waals surface area contributed by atoms with Gasteiger partial charge in [0.1, 0.15) is 0 Å². The molecule has 1 heterocycles. The Morgan fingerprint density at radius 1 is 1.43 bits per heavy atom. The number of carbonyl (C=O) groups excluding carboxylic acids is 1. The molecule has 0 aromatic rings. The number of allylic oxidation sites excluding steroid dienone is 2. The van der Waals surface area contributed by atoms with Gasteiger partial charge in [-0.3, -0.25) is 4.79 Å². The molecule has 1 aliphatic carbocycles. The summed E-state index contributed by atoms with van der Waals surface area (Å²) >= 11 is 0. The molecule has 2 aliphatic rings. The Morgan fingerprint density at radius 2 is 2.14 bits per heavy atom. The fourth-order valence-corrected chi connectivity index (χ4v) is 2.76. The van der Waals surface area contributed by atoms with Gasteiger partial charge in [-0.15, -0.1) is 0 Å². The quantitative estimate of drug-likeness (QED) is 0.437. The van der Waals surface area contributed by atoms with Crippen LogP contribution in [0.3, 0.4) is 0 Å². The van der Waals surface area contributed by atoms with Crippen molar-refractivity contribution in [2.24, 2.45) is 17.8 Å². The minimum atomic E-state index is 0.0219. The molecule has 0 saturated carbocycles. The van der Waals surface area contributed by atoms with Gasteiger partial charge in [0, 0.05) is 0 Å². The average Bonchev–Trinajstić information content (AvgIpc) is 2.10. The van der Waals surface area contributed by atoms with Crippen molar-refractivity contribution >= 4 is 5.97 Å². The van der Waals surface area contributed by atoms with Gasteiger partial charge in [-0.2, -0.15) is 0 Å². The van der Waals surface area contributed by atoms with E-state index in [1.54, 1.807) is 0 Å². The van der Waals surface area contributed by atoms with Gasteiger partial charge in [0.05, 0.1) is 12.0 Å². The third kappa shape index (κ3) is 1.47. The predicted octanol–water partition coefficient (Wildman–Crippen LogP) is 2.54. The lowest BCUT2D eigenvalue weighted by Gasteiger charge is -2.40. The summed E-state index contributed by atoms with van der Waals surface area (Å²) in [5.74, 6) is 1.03. The summed E-state index contributed by atoms with van der Waals surface area (Å²) in [6.07, 6.45) is 4.41. The molecule has 2 nitrogen and oxygen atoms in total. The fraction of sp³-hybridized carbons (Fsp3) is 0.750. The van der Waals surface area contributed by atoms with Crippen LogP contribution in [0.5, 0.6) is 0 Å². The van der Waals surface area contributed by atoms with Gasteiger partial charge in [0.15, 0.2) is 0 Å². The number of carbonyl (C=O) groups is 1. The monoisotopic (exact) mass is 194 g/mol. The van der Waals surface area contributed by atoms with Gasteiger partial charge in [0.25, 0.3) is 0 Å². The van der Waals surface area contributed by atoms with Crippen LogP contribution in [0.1, 0.15) is 33.6 Å². The molecule has 0 radical (unpaired) electrons. The zero-order chi connectivity index (χ0) is 10.3. The summed E-state index contributed by atoms with van der Waals surface area (Å²) in [7, 11) is 0. The smallest absolute Gasteiger partial charge is 0.310 e. The second kappa shape index (κ2) is 3.41. The van der Waals surface area contributed by atoms with Crippen LogP contribution in [-0.4, -0.2) is 12.1 Å². The lowest BCUT2D eigenvalue weighted by molar-refractivity contribution is -0.165. The molecule has 4 atom stereocenters. The first kappa shape index (κ1) is 9.75. The standard InChI is InChI=1S/C12H18O2/c1-7-4-5-8(2)11-10(7)6-9(3)14-12(11)13/h4,8-11H,5-6H2,1-3H3/t8-,9-,10+,11+/m0/s1. The first-order valence-electron chi connectivity index (χ1n) is 5.46. The van der Waals surface area contributed by atoms with Crippen LogP contribution >= 0.6 is 0 Å². The molecule has 0 amide bonds. The van der Waals surface area contributed by atoms with Crippen molar-refractivity contribution in [2.75, 3.05) is 0 Å². The van der Waals surface area contributed by atoms with Crippen LogP contribution in [0.25, 0.3) is 0 Å². The maximum absolute atomic E-state index is 11.7. The molecular formula is C12H18O2. The highest BCUT2D eigenvalue weighted by atomic mass is 16.5. The zero-order valence-corrected chi connectivity index (χ0v) is 9.12. The van der Waals surface area contributed by atoms with E-state index in [0.717, 1.165) is 12.8 Å². The highest BCUT2D eigenvalue weighted by molar-refractivity contribution is 5.75. The van der Waals surface area contributed by atoms with Crippen molar-refractivity contribution in [3.8, 4) is 0 Å². The molecule has 0 aromatic carbocycles. The third-order valence-corrected chi connectivity index (χ3v) is 3.62. The van der Waals surface area contributed by atoms with E-state index in [-0.39, 0.29) is 18.0 Å². The van der Waals surface area contributed by atoms with Crippen LogP contribution in [0.4, 0.5) is 0 Å². The average molecular weight is 194 g/mol. The van der Waals surface area contributed by atoms with Crippen LogP contribution in [0.2, 0.25) is 0 Å². The number of rotatable bonds is 0. The number of fused-ring (bicyclic) bond motifs is 1. The van der Waals surface area contributed by atoms with E-state index in [2.05, 4.69) is 19.9 Å². The van der Waals surface area contributed by atoms with Gasteiger partial charge < -0.3 is 4.74 Å². The lowest BCUT2D eigenvalue weighted by atomic mass is 9.70. The molecule has 0 spiro atoms. The molecule has 1 saturated heterocycles. The van der Waals surface area contributed by atoms with Gasteiger partial charge in [-0.1, -0.05) is 18.6 Å². The number of ether oxygens (including phenoxy) is 1. The first-order valence-corrected chi connectivity index (χ1v) is 5.46. The van der Waals surface area contributed by atoms with Gasteiger partial charge in [-0.25, -0.2) is 0 Å². The number of hydrogen-bond donors (Lipinski definition) is 0.